The Hall–Kier alpha value is -1.70. The molecule has 0 aliphatic carbocycles. The molecule has 3 aromatic rings. The van der Waals surface area contributed by atoms with Crippen molar-refractivity contribution in [3.63, 3.8) is 0 Å². The first-order valence-corrected chi connectivity index (χ1v) is 4.86. The van der Waals surface area contributed by atoms with Gasteiger partial charge in [-0.3, -0.25) is 0 Å². The van der Waals surface area contributed by atoms with Crippen molar-refractivity contribution in [1.29, 1.82) is 0 Å². The van der Waals surface area contributed by atoms with E-state index in [0.29, 0.717) is 0 Å². The summed E-state index contributed by atoms with van der Waals surface area (Å²) < 4.78 is 7.76. The lowest BCUT2D eigenvalue weighted by atomic mass is 10.2. The molecule has 1 aromatic carbocycles. The van der Waals surface area contributed by atoms with Crippen LogP contribution in [0.1, 0.15) is 6.92 Å². The third-order valence-corrected chi connectivity index (χ3v) is 2.69. The van der Waals surface area contributed by atoms with Crippen LogP contribution in [0.2, 0.25) is 0 Å². The van der Waals surface area contributed by atoms with E-state index in [0.717, 1.165) is 12.1 Å². The van der Waals surface area contributed by atoms with Gasteiger partial charge in [-0.15, -0.1) is 0 Å². The number of para-hydroxylation sites is 1. The number of hydrogen-bond acceptors (Lipinski definition) is 1. The lowest BCUT2D eigenvalue weighted by Gasteiger charge is -1.99. The molecule has 0 aliphatic rings. The maximum Gasteiger partial charge on any atom is 0.159 e. The second-order valence-corrected chi connectivity index (χ2v) is 3.40. The van der Waals surface area contributed by atoms with Crippen LogP contribution < -0.4 is 0 Å². The Morgan fingerprint density at radius 1 is 1.14 bits per heavy atom. The minimum atomic E-state index is 0.976. The molecular weight excluding hydrogens is 174 g/mol. The van der Waals surface area contributed by atoms with E-state index < -0.39 is 0 Å². The van der Waals surface area contributed by atoms with Crippen molar-refractivity contribution < 1.29 is 4.42 Å². The number of benzene rings is 1. The van der Waals surface area contributed by atoms with Crippen molar-refractivity contribution in [1.82, 2.24) is 4.57 Å². The zero-order chi connectivity index (χ0) is 9.54. The fourth-order valence-corrected chi connectivity index (χ4v) is 2.09. The van der Waals surface area contributed by atoms with Crippen molar-refractivity contribution in [2.45, 2.75) is 13.5 Å². The number of aryl methyl sites for hydroxylation is 1. The van der Waals surface area contributed by atoms with Crippen molar-refractivity contribution in [3.8, 4) is 0 Å². The van der Waals surface area contributed by atoms with Crippen LogP contribution in [0.3, 0.4) is 0 Å². The molecular formula is C12H11NO. The quantitative estimate of drug-likeness (QED) is 0.568. The van der Waals surface area contributed by atoms with Crippen LogP contribution in [-0.4, -0.2) is 4.57 Å². The van der Waals surface area contributed by atoms with E-state index in [-0.39, 0.29) is 0 Å². The van der Waals surface area contributed by atoms with E-state index in [4.69, 9.17) is 4.42 Å². The molecule has 0 fully saturated rings. The number of fused-ring (bicyclic) bond motifs is 3. The fraction of sp³-hybridized carbons (Fsp3) is 0.167. The van der Waals surface area contributed by atoms with Crippen LogP contribution in [-0.2, 0) is 6.54 Å². The molecule has 0 radical (unpaired) electrons. The van der Waals surface area contributed by atoms with E-state index in [1.165, 1.54) is 16.4 Å². The molecule has 0 aliphatic heterocycles. The monoisotopic (exact) mass is 185 g/mol. The molecule has 2 aromatic heterocycles. The number of furan rings is 1. The first-order chi connectivity index (χ1) is 6.92. The average molecular weight is 185 g/mol. The molecule has 0 N–H and O–H groups in total. The van der Waals surface area contributed by atoms with Crippen LogP contribution >= 0.6 is 0 Å². The van der Waals surface area contributed by atoms with Crippen molar-refractivity contribution in [3.05, 3.63) is 36.6 Å². The highest BCUT2D eigenvalue weighted by atomic mass is 16.3. The summed E-state index contributed by atoms with van der Waals surface area (Å²) in [6.07, 6.45) is 1.75. The molecule has 0 saturated heterocycles. The predicted octanol–water partition coefficient (Wildman–Crippen LogP) is 3.41. The van der Waals surface area contributed by atoms with Gasteiger partial charge in [-0.1, -0.05) is 12.1 Å². The molecule has 0 atom stereocenters. The van der Waals surface area contributed by atoms with Crippen molar-refractivity contribution >= 4 is 22.0 Å². The molecule has 14 heavy (non-hydrogen) atoms. The zero-order valence-corrected chi connectivity index (χ0v) is 8.03. The van der Waals surface area contributed by atoms with E-state index >= 15 is 0 Å². The van der Waals surface area contributed by atoms with Gasteiger partial charge in [0, 0.05) is 18.0 Å². The Kier molecular flexibility index (Phi) is 1.45. The smallest absolute Gasteiger partial charge is 0.159 e. The second kappa shape index (κ2) is 2.64. The van der Waals surface area contributed by atoms with Crippen LogP contribution in [0.25, 0.3) is 22.0 Å². The van der Waals surface area contributed by atoms with E-state index in [1.807, 2.05) is 12.1 Å². The van der Waals surface area contributed by atoms with Crippen LogP contribution in [0.5, 0.6) is 0 Å². The van der Waals surface area contributed by atoms with Gasteiger partial charge in [0.2, 0.25) is 0 Å². The molecule has 2 heterocycles. The van der Waals surface area contributed by atoms with Crippen LogP contribution in [0.4, 0.5) is 0 Å². The number of nitrogens with zero attached hydrogens (tertiary/aromatic N) is 1. The molecule has 3 rings (SSSR count). The normalized spacial score (nSPS) is 11.5. The molecule has 0 saturated carbocycles. The molecule has 0 unspecified atom stereocenters. The second-order valence-electron chi connectivity index (χ2n) is 3.40. The predicted molar refractivity (Wildman–Crippen MR) is 57.4 cm³/mol. The summed E-state index contributed by atoms with van der Waals surface area (Å²) in [4.78, 5) is 0. The third-order valence-electron chi connectivity index (χ3n) is 2.69. The maximum absolute atomic E-state index is 5.49. The molecule has 70 valence electrons. The first kappa shape index (κ1) is 7.68. The number of aromatic nitrogens is 1. The van der Waals surface area contributed by atoms with Crippen LogP contribution in [0, 0.1) is 0 Å². The molecule has 0 spiro atoms. The summed E-state index contributed by atoms with van der Waals surface area (Å²) in [6.45, 7) is 3.13. The Morgan fingerprint density at radius 2 is 2.00 bits per heavy atom. The Balaban J connectivity index is 2.62. The first-order valence-electron chi connectivity index (χ1n) is 4.86. The lowest BCUT2D eigenvalue weighted by molar-refractivity contribution is 0.619. The topological polar surface area (TPSA) is 18.1 Å². The van der Waals surface area contributed by atoms with Gasteiger partial charge in [0.1, 0.15) is 0 Å². The van der Waals surface area contributed by atoms with Crippen molar-refractivity contribution in [2.24, 2.45) is 0 Å². The van der Waals surface area contributed by atoms with Gasteiger partial charge in [-0.2, -0.15) is 0 Å². The largest absolute Gasteiger partial charge is 0.462 e. The number of rotatable bonds is 1. The standard InChI is InChI=1S/C12H11NO/c1-2-13-10-6-4-3-5-9(10)12-11(13)7-8-14-12/h3-8H,2H2,1H3. The fourth-order valence-electron chi connectivity index (χ4n) is 2.09. The molecule has 0 amide bonds. The van der Waals surface area contributed by atoms with Gasteiger partial charge >= 0.3 is 0 Å². The summed E-state index contributed by atoms with van der Waals surface area (Å²) in [5.74, 6) is 0. The van der Waals surface area contributed by atoms with E-state index in [1.54, 1.807) is 6.26 Å². The van der Waals surface area contributed by atoms with E-state index in [9.17, 15) is 0 Å². The Morgan fingerprint density at radius 3 is 2.86 bits per heavy atom. The summed E-state index contributed by atoms with van der Waals surface area (Å²) in [5, 5.41) is 1.20. The van der Waals surface area contributed by atoms with Crippen LogP contribution in [0.15, 0.2) is 41.0 Å². The zero-order valence-electron chi connectivity index (χ0n) is 8.03. The van der Waals surface area contributed by atoms with Gasteiger partial charge < -0.3 is 8.98 Å². The summed E-state index contributed by atoms with van der Waals surface area (Å²) in [7, 11) is 0. The minimum Gasteiger partial charge on any atom is -0.462 e. The highest BCUT2D eigenvalue weighted by Crippen LogP contribution is 2.29. The minimum absolute atomic E-state index is 0.976. The summed E-state index contributed by atoms with van der Waals surface area (Å²) >= 11 is 0. The maximum atomic E-state index is 5.49. The van der Waals surface area contributed by atoms with Crippen molar-refractivity contribution in [2.75, 3.05) is 0 Å². The highest BCUT2D eigenvalue weighted by molar-refractivity contribution is 6.04. The van der Waals surface area contributed by atoms with Gasteiger partial charge in [0.15, 0.2) is 5.58 Å². The van der Waals surface area contributed by atoms with Gasteiger partial charge in [-0.05, 0) is 19.1 Å². The molecule has 2 nitrogen and oxygen atoms in total. The molecule has 0 bridgehead atoms. The Bertz CT molecular complexity index is 588. The highest BCUT2D eigenvalue weighted by Gasteiger charge is 2.10. The molecule has 2 heteroatoms. The average Bonchev–Trinajstić information content (AvgIpc) is 2.77. The third kappa shape index (κ3) is 0.803. The Labute approximate surface area is 81.7 Å². The van der Waals surface area contributed by atoms with Gasteiger partial charge in [0.05, 0.1) is 17.3 Å². The SMILES string of the molecule is CCn1c2ccccc2c2occc21. The summed E-state index contributed by atoms with van der Waals surface area (Å²) in [6, 6.07) is 10.4. The lowest BCUT2D eigenvalue weighted by Crippen LogP contribution is -1.91. The summed E-state index contributed by atoms with van der Waals surface area (Å²) in [5.41, 5.74) is 3.44. The van der Waals surface area contributed by atoms with Gasteiger partial charge in [-0.25, -0.2) is 0 Å². The number of hydrogen-bond donors (Lipinski definition) is 0. The van der Waals surface area contributed by atoms with E-state index in [2.05, 4.69) is 29.7 Å². The van der Waals surface area contributed by atoms with Gasteiger partial charge in [0.25, 0.3) is 0 Å².